The zero-order chi connectivity index (χ0) is 19.3. The number of hydrogen-bond acceptors (Lipinski definition) is 3. The van der Waals surface area contributed by atoms with Gasteiger partial charge in [-0.3, -0.25) is 14.4 Å². The van der Waals surface area contributed by atoms with Crippen molar-refractivity contribution in [1.82, 2.24) is 10.2 Å². The number of amides is 3. The summed E-state index contributed by atoms with van der Waals surface area (Å²) in [5, 5.41) is 5.74. The van der Waals surface area contributed by atoms with Crippen LogP contribution in [0.4, 0.5) is 5.69 Å². The molecule has 26 heavy (non-hydrogen) atoms. The molecule has 1 fully saturated rings. The number of carbonyl (C=O) groups is 3. The molecule has 0 aliphatic carbocycles. The molecule has 1 aliphatic rings. The van der Waals surface area contributed by atoms with Gasteiger partial charge in [0, 0.05) is 36.3 Å². The highest BCUT2D eigenvalue weighted by Gasteiger charge is 2.33. The Kier molecular flexibility index (Phi) is 6.40. The van der Waals surface area contributed by atoms with Crippen LogP contribution in [0.5, 0.6) is 0 Å². The molecule has 1 atom stereocenters. The minimum Gasteiger partial charge on any atom is -0.347 e. The molecule has 6 nitrogen and oxygen atoms in total. The van der Waals surface area contributed by atoms with E-state index in [0.29, 0.717) is 17.8 Å². The van der Waals surface area contributed by atoms with Crippen molar-refractivity contribution in [1.29, 1.82) is 0 Å². The van der Waals surface area contributed by atoms with Gasteiger partial charge in [0.1, 0.15) is 0 Å². The predicted octanol–water partition coefficient (Wildman–Crippen LogP) is 2.80. The van der Waals surface area contributed by atoms with Crippen LogP contribution in [0.25, 0.3) is 0 Å². The van der Waals surface area contributed by atoms with Gasteiger partial charge in [0.05, 0.1) is 5.92 Å². The lowest BCUT2D eigenvalue weighted by molar-refractivity contribution is -0.128. The summed E-state index contributed by atoms with van der Waals surface area (Å²) in [5.74, 6) is -0.566. The summed E-state index contributed by atoms with van der Waals surface area (Å²) < 4.78 is 0. The second-order valence-corrected chi connectivity index (χ2v) is 7.87. The molecule has 0 spiro atoms. The Morgan fingerprint density at radius 2 is 1.85 bits per heavy atom. The van der Waals surface area contributed by atoms with Crippen molar-refractivity contribution in [3.63, 3.8) is 0 Å². The molecule has 2 N–H and O–H groups in total. The maximum atomic E-state index is 12.4. The van der Waals surface area contributed by atoms with Crippen molar-refractivity contribution >= 4 is 23.4 Å². The van der Waals surface area contributed by atoms with Gasteiger partial charge in [-0.25, -0.2) is 0 Å². The number of rotatable bonds is 6. The fourth-order valence-corrected chi connectivity index (χ4v) is 2.87. The Bertz CT molecular complexity index is 662. The molecule has 142 valence electrons. The molecule has 1 heterocycles. The summed E-state index contributed by atoms with van der Waals surface area (Å²) in [4.78, 5) is 38.3. The summed E-state index contributed by atoms with van der Waals surface area (Å²) in [6, 6.07) is 6.79. The number of anilines is 1. The smallest absolute Gasteiger partial charge is 0.251 e. The van der Waals surface area contributed by atoms with Gasteiger partial charge in [-0.15, -0.1) is 0 Å². The minimum absolute atomic E-state index is 0.0489. The molecule has 0 bridgehead atoms. The van der Waals surface area contributed by atoms with Crippen molar-refractivity contribution < 1.29 is 14.4 Å². The Labute approximate surface area is 155 Å². The monoisotopic (exact) mass is 359 g/mol. The Morgan fingerprint density at radius 3 is 2.42 bits per heavy atom. The average Bonchev–Trinajstić information content (AvgIpc) is 2.93. The van der Waals surface area contributed by atoms with Crippen LogP contribution >= 0.6 is 0 Å². The Morgan fingerprint density at radius 1 is 1.19 bits per heavy atom. The molecule has 0 saturated carbocycles. The quantitative estimate of drug-likeness (QED) is 0.820. The van der Waals surface area contributed by atoms with Crippen molar-refractivity contribution in [2.75, 3.05) is 18.4 Å². The number of nitrogens with zero attached hydrogens (tertiary/aromatic N) is 1. The van der Waals surface area contributed by atoms with Crippen LogP contribution in [0.1, 0.15) is 57.3 Å². The van der Waals surface area contributed by atoms with Gasteiger partial charge >= 0.3 is 0 Å². The Hall–Kier alpha value is -2.37. The largest absolute Gasteiger partial charge is 0.347 e. The molecule has 0 aromatic heterocycles. The van der Waals surface area contributed by atoms with E-state index >= 15 is 0 Å². The normalized spacial score (nSPS) is 17.3. The van der Waals surface area contributed by atoms with E-state index in [-0.39, 0.29) is 35.6 Å². The van der Waals surface area contributed by atoms with Crippen molar-refractivity contribution in [2.45, 2.75) is 52.5 Å². The first-order valence-corrected chi connectivity index (χ1v) is 9.21. The second-order valence-electron chi connectivity index (χ2n) is 7.87. The van der Waals surface area contributed by atoms with Crippen LogP contribution in [-0.4, -0.2) is 41.2 Å². The summed E-state index contributed by atoms with van der Waals surface area (Å²) in [5.41, 5.74) is 0.865. The zero-order valence-electron chi connectivity index (χ0n) is 16.1. The van der Waals surface area contributed by atoms with Crippen LogP contribution in [0.3, 0.4) is 0 Å². The van der Waals surface area contributed by atoms with Gasteiger partial charge in [0.25, 0.3) is 5.91 Å². The first-order valence-electron chi connectivity index (χ1n) is 9.21. The highest BCUT2D eigenvalue weighted by molar-refractivity contribution is 5.98. The van der Waals surface area contributed by atoms with Crippen molar-refractivity contribution in [2.24, 2.45) is 5.92 Å². The lowest BCUT2D eigenvalue weighted by Gasteiger charge is -2.20. The van der Waals surface area contributed by atoms with Gasteiger partial charge in [-0.05, 0) is 51.5 Å². The average molecular weight is 359 g/mol. The number of nitrogens with one attached hydrogen (secondary N) is 2. The maximum absolute atomic E-state index is 12.4. The molecule has 1 aliphatic heterocycles. The SMILES string of the molecule is CCCCN1CC(C(=O)Nc2ccc(C(=O)NC(C)(C)C)cc2)CC1=O. The maximum Gasteiger partial charge on any atom is 0.251 e. The first kappa shape index (κ1) is 19.9. The summed E-state index contributed by atoms with van der Waals surface area (Å²) in [7, 11) is 0. The Balaban J connectivity index is 1.92. The van der Waals surface area contributed by atoms with E-state index in [1.54, 1.807) is 29.2 Å². The molecule has 6 heteroatoms. The fraction of sp³-hybridized carbons (Fsp3) is 0.550. The molecule has 0 radical (unpaired) electrons. The molecular formula is C20H29N3O3. The van der Waals surface area contributed by atoms with E-state index in [9.17, 15) is 14.4 Å². The van der Waals surface area contributed by atoms with Crippen LogP contribution in [0.2, 0.25) is 0 Å². The number of carbonyl (C=O) groups excluding carboxylic acids is 3. The lowest BCUT2D eigenvalue weighted by Crippen LogP contribution is -2.40. The lowest BCUT2D eigenvalue weighted by atomic mass is 10.1. The van der Waals surface area contributed by atoms with Gasteiger partial charge in [0.2, 0.25) is 11.8 Å². The summed E-state index contributed by atoms with van der Waals surface area (Å²) in [6.07, 6.45) is 2.25. The van der Waals surface area contributed by atoms with Crippen LogP contribution in [-0.2, 0) is 9.59 Å². The molecule has 3 amide bonds. The highest BCUT2D eigenvalue weighted by Crippen LogP contribution is 2.20. The zero-order valence-corrected chi connectivity index (χ0v) is 16.1. The van der Waals surface area contributed by atoms with Crippen LogP contribution in [0, 0.1) is 5.92 Å². The van der Waals surface area contributed by atoms with E-state index < -0.39 is 0 Å². The van der Waals surface area contributed by atoms with Crippen LogP contribution < -0.4 is 10.6 Å². The van der Waals surface area contributed by atoms with Gasteiger partial charge < -0.3 is 15.5 Å². The van der Waals surface area contributed by atoms with Gasteiger partial charge in [0.15, 0.2) is 0 Å². The van der Waals surface area contributed by atoms with E-state index in [1.165, 1.54) is 0 Å². The van der Waals surface area contributed by atoms with Gasteiger partial charge in [-0.1, -0.05) is 13.3 Å². The minimum atomic E-state index is -0.316. The highest BCUT2D eigenvalue weighted by atomic mass is 16.2. The topological polar surface area (TPSA) is 78.5 Å². The number of unbranched alkanes of at least 4 members (excludes halogenated alkanes) is 1. The third-order valence-electron chi connectivity index (χ3n) is 4.27. The van der Waals surface area contributed by atoms with Crippen LogP contribution in [0.15, 0.2) is 24.3 Å². The molecular weight excluding hydrogens is 330 g/mol. The summed E-state index contributed by atoms with van der Waals surface area (Å²) >= 11 is 0. The van der Waals surface area contributed by atoms with E-state index in [4.69, 9.17) is 0 Å². The third-order valence-corrected chi connectivity index (χ3v) is 4.27. The van der Waals surface area contributed by atoms with E-state index in [0.717, 1.165) is 19.4 Å². The predicted molar refractivity (Wildman–Crippen MR) is 102 cm³/mol. The number of benzene rings is 1. The number of likely N-dealkylation sites (tertiary alicyclic amines) is 1. The molecule has 1 unspecified atom stereocenters. The van der Waals surface area contributed by atoms with Crippen molar-refractivity contribution in [3.8, 4) is 0 Å². The molecule has 2 rings (SSSR count). The third kappa shape index (κ3) is 5.58. The number of hydrogen-bond donors (Lipinski definition) is 2. The summed E-state index contributed by atoms with van der Waals surface area (Å²) in [6.45, 7) is 9.05. The fourth-order valence-electron chi connectivity index (χ4n) is 2.87. The van der Waals surface area contributed by atoms with Gasteiger partial charge in [-0.2, -0.15) is 0 Å². The second kappa shape index (κ2) is 8.34. The van der Waals surface area contributed by atoms with E-state index in [1.807, 2.05) is 20.8 Å². The van der Waals surface area contributed by atoms with Crippen molar-refractivity contribution in [3.05, 3.63) is 29.8 Å². The molecule has 1 aromatic rings. The van der Waals surface area contributed by atoms with E-state index in [2.05, 4.69) is 17.6 Å². The first-order chi connectivity index (χ1) is 12.2. The standard InChI is InChI=1S/C20H29N3O3/c1-5-6-11-23-13-15(12-17(23)24)18(25)21-16-9-7-14(8-10-16)19(26)22-20(2,3)4/h7-10,15H,5-6,11-13H2,1-4H3,(H,21,25)(H,22,26). The molecule has 1 saturated heterocycles. The molecule has 1 aromatic carbocycles.